The summed E-state index contributed by atoms with van der Waals surface area (Å²) in [4.78, 5) is 13.7. The minimum Gasteiger partial charge on any atom is -0.342 e. The summed E-state index contributed by atoms with van der Waals surface area (Å²) in [6.45, 7) is 3.47. The first-order valence-electron chi connectivity index (χ1n) is 5.25. The van der Waals surface area contributed by atoms with Gasteiger partial charge in [0.05, 0.1) is 6.42 Å². The molecule has 4 heteroatoms. The Morgan fingerprint density at radius 2 is 2.25 bits per heavy atom. The highest BCUT2D eigenvalue weighted by Gasteiger charge is 2.11. The van der Waals surface area contributed by atoms with Crippen molar-refractivity contribution in [1.29, 1.82) is 0 Å². The van der Waals surface area contributed by atoms with Crippen molar-refractivity contribution >= 4 is 33.4 Å². The molecule has 1 rings (SSSR count). The number of carbonyl (C=O) groups excluding carboxylic acids is 1. The smallest absolute Gasteiger partial charge is 0.227 e. The quantitative estimate of drug-likeness (QED) is 0.765. The summed E-state index contributed by atoms with van der Waals surface area (Å²) in [5.74, 6) is 0.143. The first-order valence-corrected chi connectivity index (χ1v) is 6.75. The number of nitrogens with zero attached hydrogens (tertiary/aromatic N) is 1. The van der Waals surface area contributed by atoms with E-state index in [2.05, 4.69) is 15.9 Å². The summed E-state index contributed by atoms with van der Waals surface area (Å²) in [7, 11) is 0. The summed E-state index contributed by atoms with van der Waals surface area (Å²) in [6, 6.07) is 7.44. The number of benzene rings is 1. The lowest BCUT2D eigenvalue weighted by molar-refractivity contribution is -0.130. The first-order chi connectivity index (χ1) is 7.67. The summed E-state index contributed by atoms with van der Waals surface area (Å²) in [5.41, 5.74) is 0.963. The Bertz CT molecular complexity index is 357. The molecule has 0 N–H and O–H groups in total. The SMILES string of the molecule is CCN(CCBr)C(=O)Cc1cccc(Cl)c1. The number of halogens is 2. The van der Waals surface area contributed by atoms with E-state index in [1.165, 1.54) is 0 Å². The van der Waals surface area contributed by atoms with Gasteiger partial charge in [-0.05, 0) is 24.6 Å². The Labute approximate surface area is 110 Å². The number of rotatable bonds is 5. The summed E-state index contributed by atoms with van der Waals surface area (Å²) in [6.07, 6.45) is 0.418. The third kappa shape index (κ3) is 4.14. The zero-order chi connectivity index (χ0) is 12.0. The molecule has 0 aliphatic carbocycles. The van der Waals surface area contributed by atoms with Crippen LogP contribution in [0.25, 0.3) is 0 Å². The van der Waals surface area contributed by atoms with Gasteiger partial charge in [-0.15, -0.1) is 0 Å². The molecule has 0 unspecified atom stereocenters. The average Bonchev–Trinajstić information content (AvgIpc) is 2.25. The Balaban J connectivity index is 2.62. The van der Waals surface area contributed by atoms with Crippen molar-refractivity contribution in [3.05, 3.63) is 34.9 Å². The van der Waals surface area contributed by atoms with Crippen LogP contribution in [0, 0.1) is 0 Å². The number of likely N-dealkylation sites (N-methyl/N-ethyl adjacent to an activating group) is 1. The van der Waals surface area contributed by atoms with Gasteiger partial charge in [0.2, 0.25) is 5.91 Å². The summed E-state index contributed by atoms with van der Waals surface area (Å²) in [5, 5.41) is 1.48. The predicted molar refractivity (Wildman–Crippen MR) is 71.2 cm³/mol. The molecule has 0 heterocycles. The van der Waals surface area contributed by atoms with Crippen LogP contribution in [0.15, 0.2) is 24.3 Å². The molecule has 2 nitrogen and oxygen atoms in total. The highest BCUT2D eigenvalue weighted by atomic mass is 79.9. The molecule has 1 aromatic carbocycles. The van der Waals surface area contributed by atoms with Gasteiger partial charge < -0.3 is 4.90 Å². The lowest BCUT2D eigenvalue weighted by atomic mass is 10.1. The zero-order valence-corrected chi connectivity index (χ0v) is 11.6. The van der Waals surface area contributed by atoms with Crippen molar-refractivity contribution in [3.63, 3.8) is 0 Å². The molecule has 0 aliphatic rings. The van der Waals surface area contributed by atoms with Crippen molar-refractivity contribution in [2.75, 3.05) is 18.4 Å². The maximum Gasteiger partial charge on any atom is 0.227 e. The van der Waals surface area contributed by atoms with E-state index in [0.717, 1.165) is 24.0 Å². The average molecular weight is 305 g/mol. The van der Waals surface area contributed by atoms with Crippen molar-refractivity contribution in [1.82, 2.24) is 4.90 Å². The van der Waals surface area contributed by atoms with Crippen LogP contribution < -0.4 is 0 Å². The normalized spacial score (nSPS) is 10.2. The van der Waals surface area contributed by atoms with E-state index in [1.54, 1.807) is 0 Å². The van der Waals surface area contributed by atoms with E-state index < -0.39 is 0 Å². The molecular formula is C12H15BrClNO. The molecule has 0 aromatic heterocycles. The Kier molecular flexibility index (Phi) is 5.85. The fraction of sp³-hybridized carbons (Fsp3) is 0.417. The molecule has 0 saturated heterocycles. The second kappa shape index (κ2) is 6.92. The second-order valence-electron chi connectivity index (χ2n) is 3.47. The minimum absolute atomic E-state index is 0.143. The van der Waals surface area contributed by atoms with Gasteiger partial charge in [-0.25, -0.2) is 0 Å². The predicted octanol–water partition coefficient (Wildman–Crippen LogP) is 3.13. The van der Waals surface area contributed by atoms with Gasteiger partial charge in [-0.2, -0.15) is 0 Å². The van der Waals surface area contributed by atoms with Crippen LogP contribution in [-0.2, 0) is 11.2 Å². The van der Waals surface area contributed by atoms with Crippen LogP contribution in [0.3, 0.4) is 0 Å². The van der Waals surface area contributed by atoms with E-state index in [0.29, 0.717) is 11.4 Å². The molecule has 88 valence electrons. The van der Waals surface area contributed by atoms with Crippen LogP contribution in [0.5, 0.6) is 0 Å². The van der Waals surface area contributed by atoms with Crippen molar-refractivity contribution in [3.8, 4) is 0 Å². The Hall–Kier alpha value is -0.540. The number of carbonyl (C=O) groups is 1. The van der Waals surface area contributed by atoms with Gasteiger partial charge in [0.15, 0.2) is 0 Å². The van der Waals surface area contributed by atoms with Crippen molar-refractivity contribution in [2.24, 2.45) is 0 Å². The molecule has 0 spiro atoms. The lowest BCUT2D eigenvalue weighted by Gasteiger charge is -2.19. The zero-order valence-electron chi connectivity index (χ0n) is 9.25. The highest BCUT2D eigenvalue weighted by Crippen LogP contribution is 2.12. The van der Waals surface area contributed by atoms with Crippen LogP contribution >= 0.6 is 27.5 Å². The molecule has 0 radical (unpaired) electrons. The van der Waals surface area contributed by atoms with E-state index in [-0.39, 0.29) is 5.91 Å². The molecular weight excluding hydrogens is 289 g/mol. The van der Waals surface area contributed by atoms with Gasteiger partial charge in [0, 0.05) is 23.4 Å². The van der Waals surface area contributed by atoms with E-state index in [4.69, 9.17) is 11.6 Å². The first kappa shape index (κ1) is 13.5. The van der Waals surface area contributed by atoms with Gasteiger partial charge >= 0.3 is 0 Å². The lowest BCUT2D eigenvalue weighted by Crippen LogP contribution is -2.33. The third-order valence-corrected chi connectivity index (χ3v) is 2.92. The summed E-state index contributed by atoms with van der Waals surface area (Å²) >= 11 is 9.21. The Morgan fingerprint density at radius 3 is 2.81 bits per heavy atom. The topological polar surface area (TPSA) is 20.3 Å². The van der Waals surface area contributed by atoms with Gasteiger partial charge in [0.1, 0.15) is 0 Å². The third-order valence-electron chi connectivity index (χ3n) is 2.33. The van der Waals surface area contributed by atoms with Gasteiger partial charge in [-0.3, -0.25) is 4.79 Å². The van der Waals surface area contributed by atoms with Gasteiger partial charge in [-0.1, -0.05) is 39.7 Å². The fourth-order valence-electron chi connectivity index (χ4n) is 1.49. The van der Waals surface area contributed by atoms with Crippen molar-refractivity contribution < 1.29 is 4.79 Å². The highest BCUT2D eigenvalue weighted by molar-refractivity contribution is 9.09. The summed E-state index contributed by atoms with van der Waals surface area (Å²) < 4.78 is 0. The number of amides is 1. The number of alkyl halides is 1. The van der Waals surface area contributed by atoms with Gasteiger partial charge in [0.25, 0.3) is 0 Å². The van der Waals surface area contributed by atoms with Crippen molar-refractivity contribution in [2.45, 2.75) is 13.3 Å². The molecule has 0 atom stereocenters. The molecule has 0 saturated carbocycles. The number of hydrogen-bond donors (Lipinski definition) is 0. The van der Waals surface area contributed by atoms with Crippen LogP contribution in [-0.4, -0.2) is 29.2 Å². The molecule has 1 aromatic rings. The molecule has 1 amide bonds. The minimum atomic E-state index is 0.143. The van der Waals surface area contributed by atoms with E-state index in [1.807, 2.05) is 36.1 Å². The van der Waals surface area contributed by atoms with E-state index in [9.17, 15) is 4.79 Å². The monoisotopic (exact) mass is 303 g/mol. The molecule has 0 aliphatic heterocycles. The molecule has 0 bridgehead atoms. The second-order valence-corrected chi connectivity index (χ2v) is 4.70. The molecule has 16 heavy (non-hydrogen) atoms. The van der Waals surface area contributed by atoms with E-state index >= 15 is 0 Å². The van der Waals surface area contributed by atoms with Crippen LogP contribution in [0.1, 0.15) is 12.5 Å². The molecule has 0 fully saturated rings. The van der Waals surface area contributed by atoms with Crippen LogP contribution in [0.2, 0.25) is 5.02 Å². The van der Waals surface area contributed by atoms with Crippen LogP contribution in [0.4, 0.5) is 0 Å². The maximum absolute atomic E-state index is 11.9. The largest absolute Gasteiger partial charge is 0.342 e. The Morgan fingerprint density at radius 1 is 1.50 bits per heavy atom. The number of hydrogen-bond acceptors (Lipinski definition) is 1. The maximum atomic E-state index is 11.9. The standard InChI is InChI=1S/C12H15BrClNO/c1-2-15(7-6-13)12(16)9-10-4-3-5-11(14)8-10/h3-5,8H,2,6-7,9H2,1H3. The fourth-order valence-corrected chi connectivity index (χ4v) is 2.14.